The molecule has 4 rings (SSSR count). The van der Waals surface area contributed by atoms with Crippen molar-refractivity contribution in [2.75, 3.05) is 54.9 Å². The fourth-order valence-electron chi connectivity index (χ4n) is 3.64. The summed E-state index contributed by atoms with van der Waals surface area (Å²) in [6.07, 6.45) is -3.92. The van der Waals surface area contributed by atoms with Gasteiger partial charge in [0.1, 0.15) is 0 Å². The second kappa shape index (κ2) is 8.38. The van der Waals surface area contributed by atoms with Gasteiger partial charge in [-0.2, -0.15) is 28.1 Å². The first kappa shape index (κ1) is 21.4. The third-order valence-corrected chi connectivity index (χ3v) is 4.92. The lowest BCUT2D eigenvalue weighted by Gasteiger charge is -2.36. The summed E-state index contributed by atoms with van der Waals surface area (Å²) in [4.78, 5) is 24.1. The lowest BCUT2D eigenvalue weighted by Crippen LogP contribution is -2.46. The maximum atomic E-state index is 13.7. The van der Waals surface area contributed by atoms with E-state index in [-0.39, 0.29) is 35.5 Å². The number of ether oxygens (including phenoxy) is 2. The van der Waals surface area contributed by atoms with Crippen LogP contribution in [0.25, 0.3) is 11.4 Å². The van der Waals surface area contributed by atoms with Crippen molar-refractivity contribution < 1.29 is 22.6 Å². The number of anilines is 3. The van der Waals surface area contributed by atoms with Gasteiger partial charge >= 0.3 is 6.18 Å². The quantitative estimate of drug-likeness (QED) is 0.750. The number of aromatic nitrogens is 5. The SMILES string of the molecule is C[C@@H]1CN(c2nc(-c3cnc(N)nc3C(F)(F)F)nc(N3CCOCC3)n2)C[C@@H](C)O1. The molecule has 0 aliphatic carbocycles. The van der Waals surface area contributed by atoms with Crippen molar-refractivity contribution in [1.82, 2.24) is 24.9 Å². The van der Waals surface area contributed by atoms with Crippen molar-refractivity contribution in [3.05, 3.63) is 11.9 Å². The van der Waals surface area contributed by atoms with Crippen molar-refractivity contribution in [1.29, 1.82) is 0 Å². The molecule has 4 heterocycles. The van der Waals surface area contributed by atoms with Crippen molar-refractivity contribution in [3.8, 4) is 11.4 Å². The lowest BCUT2D eigenvalue weighted by atomic mass is 10.2. The molecule has 0 saturated carbocycles. The molecule has 2 saturated heterocycles. The van der Waals surface area contributed by atoms with Crippen LogP contribution in [-0.4, -0.2) is 76.5 Å². The van der Waals surface area contributed by atoms with Crippen LogP contribution in [-0.2, 0) is 15.7 Å². The number of rotatable bonds is 3. The van der Waals surface area contributed by atoms with Gasteiger partial charge in [0.2, 0.25) is 17.8 Å². The zero-order valence-electron chi connectivity index (χ0n) is 17.1. The Morgan fingerprint density at radius 3 is 2.19 bits per heavy atom. The number of nitrogen functional groups attached to an aromatic ring is 1. The molecule has 31 heavy (non-hydrogen) atoms. The number of alkyl halides is 3. The molecule has 10 nitrogen and oxygen atoms in total. The number of nitrogens with zero attached hydrogens (tertiary/aromatic N) is 7. The number of hydrogen-bond acceptors (Lipinski definition) is 10. The van der Waals surface area contributed by atoms with Gasteiger partial charge in [0.15, 0.2) is 11.5 Å². The Balaban J connectivity index is 1.82. The monoisotopic (exact) mass is 440 g/mol. The molecule has 2 fully saturated rings. The van der Waals surface area contributed by atoms with Gasteiger partial charge in [-0.05, 0) is 13.8 Å². The van der Waals surface area contributed by atoms with Crippen molar-refractivity contribution in [2.24, 2.45) is 0 Å². The Labute approximate surface area is 176 Å². The van der Waals surface area contributed by atoms with E-state index in [4.69, 9.17) is 15.2 Å². The highest BCUT2D eigenvalue weighted by Crippen LogP contribution is 2.35. The zero-order chi connectivity index (χ0) is 22.2. The van der Waals surface area contributed by atoms with Gasteiger partial charge in [-0.15, -0.1) is 0 Å². The Bertz CT molecular complexity index is 929. The zero-order valence-corrected chi connectivity index (χ0v) is 17.1. The highest BCUT2D eigenvalue weighted by Gasteiger charge is 2.38. The standard InChI is InChI=1S/C18H23F3N8O2/c1-10-8-29(9-11(2)31-10)17-26-14(25-16(27-17)28-3-5-30-6-4-28)12-7-23-15(22)24-13(12)18(19,20)21/h7,10-11H,3-6,8-9H2,1-2H3,(H2,22,23,24)/t10-,11-/m1/s1. The highest BCUT2D eigenvalue weighted by molar-refractivity contribution is 5.62. The van der Waals surface area contributed by atoms with E-state index in [1.54, 1.807) is 0 Å². The molecule has 2 aromatic heterocycles. The fourth-order valence-corrected chi connectivity index (χ4v) is 3.64. The van der Waals surface area contributed by atoms with E-state index in [0.717, 1.165) is 6.20 Å². The predicted octanol–water partition coefficient (Wildman–Crippen LogP) is 1.38. The van der Waals surface area contributed by atoms with E-state index >= 15 is 0 Å². The number of hydrogen-bond donors (Lipinski definition) is 1. The summed E-state index contributed by atoms with van der Waals surface area (Å²) in [5, 5.41) is 0. The molecule has 0 aromatic carbocycles. The normalized spacial score (nSPS) is 22.6. The minimum Gasteiger partial charge on any atom is -0.378 e. The van der Waals surface area contributed by atoms with Crippen LogP contribution in [0.4, 0.5) is 31.0 Å². The third-order valence-electron chi connectivity index (χ3n) is 4.92. The molecule has 2 atom stereocenters. The Morgan fingerprint density at radius 2 is 1.58 bits per heavy atom. The average Bonchev–Trinajstić information content (AvgIpc) is 2.73. The predicted molar refractivity (Wildman–Crippen MR) is 106 cm³/mol. The molecule has 0 amide bonds. The van der Waals surface area contributed by atoms with Crippen molar-refractivity contribution >= 4 is 17.8 Å². The summed E-state index contributed by atoms with van der Waals surface area (Å²) in [5.74, 6) is -0.0845. The first-order chi connectivity index (χ1) is 14.7. The summed E-state index contributed by atoms with van der Waals surface area (Å²) < 4.78 is 52.1. The number of nitrogens with two attached hydrogens (primary N) is 1. The van der Waals surface area contributed by atoms with E-state index < -0.39 is 17.8 Å². The minimum absolute atomic E-state index is 0.0820. The molecular formula is C18H23F3N8O2. The van der Waals surface area contributed by atoms with E-state index in [2.05, 4.69) is 24.9 Å². The lowest BCUT2D eigenvalue weighted by molar-refractivity contribution is -0.140. The summed E-state index contributed by atoms with van der Waals surface area (Å²) in [5.41, 5.74) is 3.87. The second-order valence-corrected chi connectivity index (χ2v) is 7.51. The van der Waals surface area contributed by atoms with Gasteiger partial charge in [-0.1, -0.05) is 0 Å². The molecule has 0 unspecified atom stereocenters. The largest absolute Gasteiger partial charge is 0.434 e. The maximum absolute atomic E-state index is 13.7. The molecule has 2 aliphatic heterocycles. The molecule has 2 N–H and O–H groups in total. The maximum Gasteiger partial charge on any atom is 0.434 e. The second-order valence-electron chi connectivity index (χ2n) is 7.51. The van der Waals surface area contributed by atoms with Crippen LogP contribution in [0.2, 0.25) is 0 Å². The Hall–Kier alpha value is -2.80. The van der Waals surface area contributed by atoms with Gasteiger partial charge in [0.25, 0.3) is 0 Å². The third kappa shape index (κ3) is 4.77. The van der Waals surface area contributed by atoms with Crippen LogP contribution in [0.1, 0.15) is 19.5 Å². The van der Waals surface area contributed by atoms with Crippen LogP contribution in [0.15, 0.2) is 6.20 Å². The smallest absolute Gasteiger partial charge is 0.378 e. The summed E-state index contributed by atoms with van der Waals surface area (Å²) in [6, 6.07) is 0. The van der Waals surface area contributed by atoms with Gasteiger partial charge in [0.05, 0.1) is 31.0 Å². The molecule has 168 valence electrons. The van der Waals surface area contributed by atoms with Crippen molar-refractivity contribution in [2.45, 2.75) is 32.2 Å². The molecule has 2 aromatic rings. The molecule has 0 bridgehead atoms. The summed E-state index contributed by atoms with van der Waals surface area (Å²) in [6.45, 7) is 6.82. The topological polar surface area (TPSA) is 115 Å². The first-order valence-corrected chi connectivity index (χ1v) is 9.90. The first-order valence-electron chi connectivity index (χ1n) is 9.90. The van der Waals surface area contributed by atoms with Crippen LogP contribution in [0.3, 0.4) is 0 Å². The van der Waals surface area contributed by atoms with E-state index in [0.29, 0.717) is 39.4 Å². The van der Waals surface area contributed by atoms with Crippen LogP contribution in [0.5, 0.6) is 0 Å². The Kier molecular flexibility index (Phi) is 5.79. The summed E-state index contributed by atoms with van der Waals surface area (Å²) >= 11 is 0. The molecule has 2 aliphatic rings. The van der Waals surface area contributed by atoms with E-state index in [1.807, 2.05) is 23.6 Å². The number of morpholine rings is 2. The average molecular weight is 440 g/mol. The molecule has 13 heteroatoms. The van der Waals surface area contributed by atoms with Gasteiger partial charge in [-0.25, -0.2) is 9.97 Å². The van der Waals surface area contributed by atoms with Crippen molar-refractivity contribution in [3.63, 3.8) is 0 Å². The van der Waals surface area contributed by atoms with E-state index in [9.17, 15) is 13.2 Å². The van der Waals surface area contributed by atoms with Crippen LogP contribution < -0.4 is 15.5 Å². The van der Waals surface area contributed by atoms with Crippen LogP contribution >= 0.6 is 0 Å². The van der Waals surface area contributed by atoms with Gasteiger partial charge < -0.3 is 25.0 Å². The molecule has 0 radical (unpaired) electrons. The van der Waals surface area contributed by atoms with Gasteiger partial charge in [0, 0.05) is 32.4 Å². The van der Waals surface area contributed by atoms with Crippen LogP contribution in [0, 0.1) is 0 Å². The summed E-state index contributed by atoms with van der Waals surface area (Å²) in [7, 11) is 0. The number of halogens is 3. The van der Waals surface area contributed by atoms with E-state index in [1.165, 1.54) is 0 Å². The minimum atomic E-state index is -4.75. The highest BCUT2D eigenvalue weighted by atomic mass is 19.4. The fraction of sp³-hybridized carbons (Fsp3) is 0.611. The Morgan fingerprint density at radius 1 is 0.968 bits per heavy atom. The van der Waals surface area contributed by atoms with Gasteiger partial charge in [-0.3, -0.25) is 0 Å². The molecule has 0 spiro atoms. The molecular weight excluding hydrogens is 417 g/mol.